The van der Waals surface area contributed by atoms with Crippen molar-refractivity contribution in [1.82, 2.24) is 14.6 Å². The van der Waals surface area contributed by atoms with Crippen molar-refractivity contribution in [2.24, 2.45) is 5.73 Å². The summed E-state index contributed by atoms with van der Waals surface area (Å²) in [6.45, 7) is 0.774. The lowest BCUT2D eigenvalue weighted by molar-refractivity contribution is 0.667. The molecule has 3 aromatic rings. The number of para-hydroxylation sites is 1. The first-order valence-corrected chi connectivity index (χ1v) is 7.13. The number of aryl methyl sites for hydroxylation is 1. The highest BCUT2D eigenvalue weighted by molar-refractivity contribution is 7.23. The minimum absolute atomic E-state index is 0.774. The average molecular weight is 260 g/mol. The lowest BCUT2D eigenvalue weighted by atomic mass is 10.2. The number of thiazole rings is 1. The molecule has 0 aliphatic heterocycles. The van der Waals surface area contributed by atoms with Gasteiger partial charge in [0.05, 0.1) is 10.2 Å². The number of aromatic nitrogens is 3. The van der Waals surface area contributed by atoms with Crippen LogP contribution in [0.15, 0.2) is 24.3 Å². The first-order chi connectivity index (χ1) is 8.90. The molecule has 0 unspecified atom stereocenters. The van der Waals surface area contributed by atoms with Gasteiger partial charge in [0.15, 0.2) is 0 Å². The molecule has 0 fully saturated rings. The molecule has 18 heavy (non-hydrogen) atoms. The van der Waals surface area contributed by atoms with Gasteiger partial charge in [0.25, 0.3) is 0 Å². The third kappa shape index (κ3) is 2.00. The standard InChI is InChI=1S/C13H16N4S/c14-9-5-1-2-8-12-15-16-13-17(12)10-6-3-4-7-11(10)18-13/h3-4,6-7H,1-2,5,8-9,14H2. The summed E-state index contributed by atoms with van der Waals surface area (Å²) < 4.78 is 3.45. The second kappa shape index (κ2) is 5.04. The van der Waals surface area contributed by atoms with Crippen molar-refractivity contribution in [2.75, 3.05) is 6.54 Å². The Hall–Kier alpha value is -1.46. The molecule has 94 valence electrons. The third-order valence-electron chi connectivity index (χ3n) is 3.11. The molecule has 0 aliphatic rings. The summed E-state index contributed by atoms with van der Waals surface area (Å²) in [5, 5.41) is 8.56. The van der Waals surface area contributed by atoms with Gasteiger partial charge in [-0.1, -0.05) is 29.9 Å². The van der Waals surface area contributed by atoms with Gasteiger partial charge in [0.2, 0.25) is 4.96 Å². The highest BCUT2D eigenvalue weighted by Gasteiger charge is 2.11. The van der Waals surface area contributed by atoms with Crippen molar-refractivity contribution in [2.45, 2.75) is 25.7 Å². The van der Waals surface area contributed by atoms with E-state index in [4.69, 9.17) is 5.73 Å². The van der Waals surface area contributed by atoms with Gasteiger partial charge in [-0.2, -0.15) is 0 Å². The maximum atomic E-state index is 5.50. The minimum atomic E-state index is 0.774. The maximum Gasteiger partial charge on any atom is 0.217 e. The quantitative estimate of drug-likeness (QED) is 0.717. The molecule has 1 aromatic carbocycles. The van der Waals surface area contributed by atoms with Gasteiger partial charge < -0.3 is 5.73 Å². The first-order valence-electron chi connectivity index (χ1n) is 6.32. The summed E-state index contributed by atoms with van der Waals surface area (Å²) in [6.07, 6.45) is 4.35. The second-order valence-electron chi connectivity index (χ2n) is 4.40. The van der Waals surface area contributed by atoms with Crippen LogP contribution in [0.1, 0.15) is 25.1 Å². The number of nitrogens with two attached hydrogens (primary N) is 1. The fourth-order valence-corrected chi connectivity index (χ4v) is 3.18. The Bertz CT molecular complexity index is 655. The number of fused-ring (bicyclic) bond motifs is 3. The lowest BCUT2D eigenvalue weighted by Gasteiger charge is -1.99. The van der Waals surface area contributed by atoms with Gasteiger partial charge >= 0.3 is 0 Å². The van der Waals surface area contributed by atoms with Gasteiger partial charge in [0, 0.05) is 6.42 Å². The normalized spacial score (nSPS) is 11.6. The summed E-state index contributed by atoms with van der Waals surface area (Å²) in [4.78, 5) is 0.991. The Labute approximate surface area is 109 Å². The van der Waals surface area contributed by atoms with Crippen LogP contribution in [0.4, 0.5) is 0 Å². The maximum absolute atomic E-state index is 5.50. The largest absolute Gasteiger partial charge is 0.330 e. The van der Waals surface area contributed by atoms with Gasteiger partial charge in [-0.3, -0.25) is 4.40 Å². The Kier molecular flexibility index (Phi) is 3.25. The van der Waals surface area contributed by atoms with Crippen LogP contribution >= 0.6 is 11.3 Å². The fourth-order valence-electron chi connectivity index (χ4n) is 2.20. The van der Waals surface area contributed by atoms with E-state index in [1.54, 1.807) is 11.3 Å². The molecule has 0 spiro atoms. The van der Waals surface area contributed by atoms with Crippen LogP contribution in [0, 0.1) is 0 Å². The third-order valence-corrected chi connectivity index (χ3v) is 4.12. The SMILES string of the molecule is NCCCCCc1nnc2sc3ccccc3n12. The number of hydrogen-bond donors (Lipinski definition) is 1. The van der Waals surface area contributed by atoms with Crippen molar-refractivity contribution in [3.8, 4) is 0 Å². The molecule has 0 aliphatic carbocycles. The molecule has 5 heteroatoms. The van der Waals surface area contributed by atoms with Crippen LogP contribution in [0.3, 0.4) is 0 Å². The van der Waals surface area contributed by atoms with Gasteiger partial charge in [0.1, 0.15) is 5.82 Å². The molecule has 0 bridgehead atoms. The Morgan fingerprint density at radius 2 is 2.00 bits per heavy atom. The fraction of sp³-hybridized carbons (Fsp3) is 0.385. The van der Waals surface area contributed by atoms with Crippen LogP contribution < -0.4 is 5.73 Å². The summed E-state index contributed by atoms with van der Waals surface area (Å²) in [5.74, 6) is 1.07. The molecular weight excluding hydrogens is 244 g/mol. The van der Waals surface area contributed by atoms with Crippen molar-refractivity contribution >= 4 is 26.5 Å². The zero-order chi connectivity index (χ0) is 12.4. The van der Waals surface area contributed by atoms with Crippen molar-refractivity contribution < 1.29 is 0 Å². The Balaban J connectivity index is 1.92. The summed E-state index contributed by atoms with van der Waals surface area (Å²) in [5.41, 5.74) is 6.72. The van der Waals surface area contributed by atoms with Crippen molar-refractivity contribution in [3.05, 3.63) is 30.1 Å². The zero-order valence-corrected chi connectivity index (χ0v) is 11.0. The summed E-state index contributed by atoms with van der Waals surface area (Å²) in [7, 11) is 0. The van der Waals surface area contributed by atoms with Crippen LogP contribution in [-0.2, 0) is 6.42 Å². The van der Waals surface area contributed by atoms with Crippen LogP contribution in [0.5, 0.6) is 0 Å². The number of nitrogens with zero attached hydrogens (tertiary/aromatic N) is 3. The van der Waals surface area contributed by atoms with Crippen LogP contribution in [0.25, 0.3) is 15.2 Å². The van der Waals surface area contributed by atoms with E-state index in [1.807, 2.05) is 0 Å². The Morgan fingerprint density at radius 3 is 2.89 bits per heavy atom. The number of rotatable bonds is 5. The average Bonchev–Trinajstić information content (AvgIpc) is 2.94. The number of hydrogen-bond acceptors (Lipinski definition) is 4. The summed E-state index contributed by atoms with van der Waals surface area (Å²) in [6, 6.07) is 8.39. The van der Waals surface area contributed by atoms with Gasteiger partial charge in [-0.25, -0.2) is 0 Å². The monoisotopic (exact) mass is 260 g/mol. The van der Waals surface area contributed by atoms with E-state index in [0.717, 1.165) is 43.0 Å². The van der Waals surface area contributed by atoms with E-state index in [2.05, 4.69) is 38.9 Å². The van der Waals surface area contributed by atoms with Gasteiger partial charge in [-0.15, -0.1) is 10.2 Å². The van der Waals surface area contributed by atoms with Crippen LogP contribution in [-0.4, -0.2) is 21.1 Å². The molecule has 0 amide bonds. The molecular formula is C13H16N4S. The molecule has 2 N–H and O–H groups in total. The first kappa shape index (κ1) is 11.6. The van der Waals surface area contributed by atoms with Crippen molar-refractivity contribution in [3.63, 3.8) is 0 Å². The smallest absolute Gasteiger partial charge is 0.217 e. The number of unbranched alkanes of at least 4 members (excludes halogenated alkanes) is 2. The zero-order valence-electron chi connectivity index (χ0n) is 10.2. The summed E-state index contributed by atoms with van der Waals surface area (Å²) >= 11 is 1.70. The van der Waals surface area contributed by atoms with E-state index in [0.29, 0.717) is 0 Å². The molecule has 4 nitrogen and oxygen atoms in total. The Morgan fingerprint density at radius 1 is 1.11 bits per heavy atom. The molecule has 0 radical (unpaired) electrons. The van der Waals surface area contributed by atoms with E-state index in [1.165, 1.54) is 10.2 Å². The molecule has 3 rings (SSSR count). The van der Waals surface area contributed by atoms with E-state index in [9.17, 15) is 0 Å². The highest BCUT2D eigenvalue weighted by atomic mass is 32.1. The molecule has 2 heterocycles. The van der Waals surface area contributed by atoms with Crippen molar-refractivity contribution in [1.29, 1.82) is 0 Å². The highest BCUT2D eigenvalue weighted by Crippen LogP contribution is 2.26. The molecule has 0 saturated carbocycles. The minimum Gasteiger partial charge on any atom is -0.330 e. The second-order valence-corrected chi connectivity index (χ2v) is 5.41. The van der Waals surface area contributed by atoms with E-state index in [-0.39, 0.29) is 0 Å². The van der Waals surface area contributed by atoms with E-state index >= 15 is 0 Å². The van der Waals surface area contributed by atoms with Gasteiger partial charge in [-0.05, 0) is 31.5 Å². The number of benzene rings is 1. The molecule has 0 atom stereocenters. The lowest BCUT2D eigenvalue weighted by Crippen LogP contribution is -1.99. The topological polar surface area (TPSA) is 56.2 Å². The molecule has 0 saturated heterocycles. The van der Waals surface area contributed by atoms with Crippen LogP contribution in [0.2, 0.25) is 0 Å². The predicted octanol–water partition coefficient (Wildman–Crippen LogP) is 2.62. The molecule has 2 aromatic heterocycles. The van der Waals surface area contributed by atoms with E-state index < -0.39 is 0 Å². The predicted molar refractivity (Wildman–Crippen MR) is 75.0 cm³/mol.